The summed E-state index contributed by atoms with van der Waals surface area (Å²) in [5, 5.41) is 3.84. The predicted octanol–water partition coefficient (Wildman–Crippen LogP) is 6.84. The maximum absolute atomic E-state index is 13.6. The normalized spacial score (nSPS) is 30.7. The number of halogens is 2. The van der Waals surface area contributed by atoms with E-state index in [1.54, 1.807) is 40.7 Å². The molecule has 0 spiro atoms. The molecule has 41 heavy (non-hydrogen) atoms. The fourth-order valence-corrected chi connectivity index (χ4v) is 6.49. The zero-order chi connectivity index (χ0) is 32.0. The maximum atomic E-state index is 13.6. The number of carbonyl (C=O) groups excluding carboxylic acids is 2. The molecular weight excluding hydrogens is 857 g/mol. The first kappa shape index (κ1) is 41.9. The van der Waals surface area contributed by atoms with E-state index < -0.39 is 57.9 Å². The van der Waals surface area contributed by atoms with Crippen LogP contribution in [0.5, 0.6) is 0 Å². The molecule has 9 atom stereocenters. The summed E-state index contributed by atoms with van der Waals surface area (Å²) in [5.41, 5.74) is 8.91. The number of allylic oxidation sites excluding steroid dienone is 1. The van der Waals surface area contributed by atoms with Crippen LogP contribution in [0.25, 0.3) is 10.4 Å². The third-order valence-corrected chi connectivity index (χ3v) is 8.59. The minimum atomic E-state index is -3.88. The number of hydrogen-bond donors (Lipinski definition) is 0. The third kappa shape index (κ3) is 14.7. The first-order chi connectivity index (χ1) is 19.0. The summed E-state index contributed by atoms with van der Waals surface area (Å²) in [6, 6.07) is -0.926. The van der Waals surface area contributed by atoms with Gasteiger partial charge in [-0.3, -0.25) is 13.8 Å². The van der Waals surface area contributed by atoms with Crippen LogP contribution in [0.4, 0.5) is 0 Å². The Morgan fingerprint density at radius 3 is 2.27 bits per heavy atom. The van der Waals surface area contributed by atoms with Gasteiger partial charge in [-0.05, 0) is 50.1 Å². The number of Topliss-reactive ketones (excluding diaryl/α,β-unsaturated/α-hetero) is 1. The van der Waals surface area contributed by atoms with Crippen LogP contribution in [0.1, 0.15) is 73.6 Å². The quantitative estimate of drug-likeness (QED) is 0.0411. The van der Waals surface area contributed by atoms with E-state index in [2.05, 4.69) is 68.9 Å². The van der Waals surface area contributed by atoms with Gasteiger partial charge in [-0.25, -0.2) is 0 Å². The van der Waals surface area contributed by atoms with Crippen LogP contribution in [-0.4, -0.2) is 56.9 Å². The minimum absolute atomic E-state index is 0.0187. The van der Waals surface area contributed by atoms with E-state index in [1.807, 2.05) is 6.92 Å². The Bertz CT molecular complexity index is 1030. The van der Waals surface area contributed by atoms with Crippen LogP contribution in [0.3, 0.4) is 0 Å². The number of carbonyl (C=O) groups is 2. The zero-order valence-electron chi connectivity index (χ0n) is 24.5. The Morgan fingerprint density at radius 2 is 1.80 bits per heavy atom. The number of rotatable bonds is 6. The molecule has 0 aliphatic carbocycles. The first-order valence-electron chi connectivity index (χ1n) is 13.0. The average molecular weight is 900 g/mol. The molecule has 0 amide bonds. The number of ketones is 1. The van der Waals surface area contributed by atoms with Gasteiger partial charge in [0.25, 0.3) is 10.1 Å². The summed E-state index contributed by atoms with van der Waals surface area (Å²) < 4.78 is 46.5. The van der Waals surface area contributed by atoms with Gasteiger partial charge in [0.1, 0.15) is 11.9 Å². The van der Waals surface area contributed by atoms with Gasteiger partial charge in [0.2, 0.25) is 0 Å². The van der Waals surface area contributed by atoms with E-state index in [1.165, 1.54) is 0 Å². The van der Waals surface area contributed by atoms with Gasteiger partial charge in [-0.1, -0.05) is 45.3 Å². The van der Waals surface area contributed by atoms with Crippen molar-refractivity contribution in [1.29, 1.82) is 0 Å². The van der Waals surface area contributed by atoms with Gasteiger partial charge < -0.3 is 13.8 Å². The van der Waals surface area contributed by atoms with E-state index in [4.69, 9.17) is 18.0 Å². The predicted molar refractivity (Wildman–Crippen MR) is 179 cm³/mol. The van der Waals surface area contributed by atoms with Gasteiger partial charge in [0.15, 0.2) is 0 Å². The SMILES string of the molecule is C/C=C(\C)C1CC(N=[N+]=[N-])C(OS(C)(=O)=O)CCCC(C)C(OP)C(C)C(=O)C(C)(C)C(OP)CC(=O)O1.[I][V][I]. The van der Waals surface area contributed by atoms with E-state index in [-0.39, 0.29) is 31.0 Å². The molecule has 11 nitrogen and oxygen atoms in total. The molecule has 237 valence electrons. The van der Waals surface area contributed by atoms with E-state index in [0.29, 0.717) is 27.9 Å². The van der Waals surface area contributed by atoms with Crippen LogP contribution in [0.2, 0.25) is 0 Å². The van der Waals surface area contributed by atoms with Gasteiger partial charge >= 0.3 is 55.4 Å². The van der Waals surface area contributed by atoms with Crippen molar-refractivity contribution in [3.05, 3.63) is 22.1 Å². The van der Waals surface area contributed by atoms with Crippen molar-refractivity contribution >= 4 is 80.8 Å². The molecule has 0 aromatic carbocycles. The molecule has 0 radical (unpaired) electrons. The first-order valence-corrected chi connectivity index (χ1v) is 24.7. The van der Waals surface area contributed by atoms with Crippen LogP contribution in [0.15, 0.2) is 16.8 Å². The second-order valence-corrected chi connectivity index (χ2v) is 24.6. The Hall–Kier alpha value is 0.924. The molecule has 0 bridgehead atoms. The van der Waals surface area contributed by atoms with Crippen molar-refractivity contribution in [2.24, 2.45) is 22.4 Å². The number of nitrogens with zero attached hydrogens (tertiary/aromatic N) is 3. The Morgan fingerprint density at radius 1 is 1.22 bits per heavy atom. The fourth-order valence-electron chi connectivity index (χ4n) is 4.88. The van der Waals surface area contributed by atoms with E-state index >= 15 is 0 Å². The molecule has 1 aliphatic heterocycles. The molecule has 0 aromatic heterocycles. The molecule has 0 saturated carbocycles. The molecule has 1 rings (SSSR count). The molecule has 1 heterocycles. The summed E-state index contributed by atoms with van der Waals surface area (Å²) in [6.45, 7) is 10.8. The van der Waals surface area contributed by atoms with E-state index in [0.717, 1.165) is 6.26 Å². The van der Waals surface area contributed by atoms with Crippen molar-refractivity contribution < 1.29 is 45.4 Å². The van der Waals surface area contributed by atoms with Gasteiger partial charge in [0.05, 0.1) is 42.4 Å². The second kappa shape index (κ2) is 20.9. The zero-order valence-corrected chi connectivity index (χ0v) is 33.4. The standard InChI is InChI=1S/C24H43N3O8P2S.2HI.V/c1-8-14(2)19-12-17(26-27-25)18(35-38(7,30)31)11-9-10-15(3)22(34-37)16(4)23(29)24(5,6)20(33-36)13-21(28)32-19;;;/h8,15-20,22H,9-13,36-37H2,1-7H3;2*1H;/q;;;+2/p-2/b14-8+;;;. The number of cyclic esters (lactones) is 1. The molecular formula is C24H43I2N3O8P2SV. The van der Waals surface area contributed by atoms with Crippen LogP contribution in [0, 0.1) is 17.3 Å². The Labute approximate surface area is 278 Å². The summed E-state index contributed by atoms with van der Waals surface area (Å²) in [6.07, 6.45) is 0.844. The van der Waals surface area contributed by atoms with Crippen molar-refractivity contribution in [2.75, 3.05) is 6.26 Å². The van der Waals surface area contributed by atoms with Crippen molar-refractivity contribution in [2.45, 2.75) is 104 Å². The number of azide groups is 1. The summed E-state index contributed by atoms with van der Waals surface area (Å²) in [4.78, 5) is 29.6. The topological polar surface area (TPSA) is 154 Å². The van der Waals surface area contributed by atoms with Gasteiger partial charge in [-0.15, -0.1) is 0 Å². The number of ether oxygens (including phenoxy) is 1. The van der Waals surface area contributed by atoms with E-state index in [9.17, 15) is 23.5 Å². The average Bonchev–Trinajstić information content (AvgIpc) is 2.88. The molecule has 1 aliphatic rings. The summed E-state index contributed by atoms with van der Waals surface area (Å²) >= 11 is 4.74. The number of esters is 1. The summed E-state index contributed by atoms with van der Waals surface area (Å²) in [5.74, 6) is -1.34. The fraction of sp³-hybridized carbons (Fsp3) is 0.833. The van der Waals surface area contributed by atoms with Gasteiger partial charge in [-0.2, -0.15) is 8.42 Å². The molecule has 9 unspecified atom stereocenters. The van der Waals surface area contributed by atoms with Crippen LogP contribution < -0.4 is 0 Å². The molecule has 0 N–H and O–H groups in total. The Kier molecular flexibility index (Phi) is 21.3. The molecule has 1 saturated heterocycles. The molecule has 17 heteroatoms. The van der Waals surface area contributed by atoms with Crippen molar-refractivity contribution in [1.82, 2.24) is 0 Å². The van der Waals surface area contributed by atoms with Crippen LogP contribution >= 0.6 is 58.9 Å². The van der Waals surface area contributed by atoms with Crippen molar-refractivity contribution in [3.63, 3.8) is 0 Å². The Balaban J connectivity index is 0.00000509. The summed E-state index contributed by atoms with van der Waals surface area (Å²) in [7, 11) is 1.10. The molecule has 0 aromatic rings. The molecule has 1 fully saturated rings. The monoisotopic (exact) mass is 900 g/mol. The second-order valence-electron chi connectivity index (χ2n) is 10.6. The van der Waals surface area contributed by atoms with Gasteiger partial charge in [0, 0.05) is 29.8 Å². The third-order valence-electron chi connectivity index (χ3n) is 7.35. The van der Waals surface area contributed by atoms with Crippen molar-refractivity contribution in [3.8, 4) is 0 Å². The van der Waals surface area contributed by atoms with Crippen LogP contribution in [-0.2, 0) is 47.1 Å². The number of hydrogen-bond acceptors (Lipinski definition) is 9.